The van der Waals surface area contributed by atoms with E-state index in [4.69, 9.17) is 9.84 Å². The zero-order valence-electron chi connectivity index (χ0n) is 24.1. The first-order valence-corrected chi connectivity index (χ1v) is 13.3. The van der Waals surface area contributed by atoms with Crippen molar-refractivity contribution in [2.75, 3.05) is 16.0 Å². The van der Waals surface area contributed by atoms with Crippen LogP contribution in [0.5, 0.6) is 11.5 Å². The maximum Gasteiger partial charge on any atom is 0.324 e. The molecule has 2 heterocycles. The Morgan fingerprint density at radius 1 is 0.833 bits per heavy atom. The number of ether oxygens (including phenoxy) is 1. The standard InChI is InChI=1S/C31H34N6O5/c1-30(2,3)25-18-26(35-29(41)34-20-9-11-23(12-10-20)42-24-13-15-32-16-14-24)37(36-25)22-8-6-7-21(17-22)33-27(38)19-31(4,5)28(39)40/h6-18H,19H2,1-5H3,(H,33,38)(H,39,40)(H2,34,35,41). The number of carbonyl (C=O) groups is 3. The summed E-state index contributed by atoms with van der Waals surface area (Å²) < 4.78 is 7.35. The van der Waals surface area contributed by atoms with Gasteiger partial charge in [-0.15, -0.1) is 0 Å². The van der Waals surface area contributed by atoms with E-state index in [0.29, 0.717) is 34.4 Å². The Labute approximate surface area is 243 Å². The number of hydrogen-bond acceptors (Lipinski definition) is 6. The van der Waals surface area contributed by atoms with Gasteiger partial charge in [0.25, 0.3) is 0 Å². The molecule has 2 aromatic carbocycles. The number of aliphatic carboxylic acids is 1. The van der Waals surface area contributed by atoms with Crippen LogP contribution in [0.25, 0.3) is 5.69 Å². The van der Waals surface area contributed by atoms with Gasteiger partial charge in [0.15, 0.2) is 0 Å². The molecular weight excluding hydrogens is 536 g/mol. The van der Waals surface area contributed by atoms with Crippen molar-refractivity contribution < 1.29 is 24.2 Å². The summed E-state index contributed by atoms with van der Waals surface area (Å²) in [5.74, 6) is 0.203. The number of rotatable bonds is 9. The second kappa shape index (κ2) is 12.1. The van der Waals surface area contributed by atoms with Gasteiger partial charge in [-0.05, 0) is 68.4 Å². The molecule has 0 saturated carbocycles. The average molecular weight is 571 g/mol. The molecule has 0 aliphatic carbocycles. The number of carbonyl (C=O) groups excluding carboxylic acids is 2. The summed E-state index contributed by atoms with van der Waals surface area (Å²) in [4.78, 5) is 40.9. The van der Waals surface area contributed by atoms with Crippen molar-refractivity contribution in [2.45, 2.75) is 46.5 Å². The molecule has 3 amide bonds. The molecule has 0 atom stereocenters. The van der Waals surface area contributed by atoms with Gasteiger partial charge in [0, 0.05) is 41.7 Å². The van der Waals surface area contributed by atoms with Crippen molar-refractivity contribution in [3.05, 3.63) is 84.8 Å². The highest BCUT2D eigenvalue weighted by molar-refractivity contribution is 5.99. The van der Waals surface area contributed by atoms with Crippen LogP contribution in [0.15, 0.2) is 79.1 Å². The highest BCUT2D eigenvalue weighted by Crippen LogP contribution is 2.28. The predicted molar refractivity (Wildman–Crippen MR) is 160 cm³/mol. The first kappa shape index (κ1) is 29.8. The lowest BCUT2D eigenvalue weighted by Crippen LogP contribution is -2.29. The van der Waals surface area contributed by atoms with Crippen molar-refractivity contribution >= 4 is 35.1 Å². The van der Waals surface area contributed by atoms with Gasteiger partial charge in [0.1, 0.15) is 17.3 Å². The Morgan fingerprint density at radius 2 is 1.50 bits per heavy atom. The van der Waals surface area contributed by atoms with Crippen LogP contribution in [0.3, 0.4) is 0 Å². The van der Waals surface area contributed by atoms with Crippen LogP contribution in [-0.2, 0) is 15.0 Å². The van der Waals surface area contributed by atoms with Crippen molar-refractivity contribution in [2.24, 2.45) is 5.41 Å². The van der Waals surface area contributed by atoms with Gasteiger partial charge in [0.2, 0.25) is 5.91 Å². The Bertz CT molecular complexity index is 1570. The fourth-order valence-electron chi connectivity index (χ4n) is 3.86. The highest BCUT2D eigenvalue weighted by Gasteiger charge is 2.30. The molecular formula is C31H34N6O5. The molecule has 11 heteroatoms. The topological polar surface area (TPSA) is 147 Å². The van der Waals surface area contributed by atoms with Crippen LogP contribution in [-0.4, -0.2) is 37.8 Å². The van der Waals surface area contributed by atoms with Crippen LogP contribution in [0.2, 0.25) is 0 Å². The lowest BCUT2D eigenvalue weighted by atomic mass is 9.89. The summed E-state index contributed by atoms with van der Waals surface area (Å²) in [6, 6.07) is 18.7. The predicted octanol–water partition coefficient (Wildman–Crippen LogP) is 6.44. The van der Waals surface area contributed by atoms with Gasteiger partial charge in [0.05, 0.1) is 16.8 Å². The number of urea groups is 1. The summed E-state index contributed by atoms with van der Waals surface area (Å²) in [5, 5.41) is 22.5. The number of nitrogens with zero attached hydrogens (tertiary/aromatic N) is 3. The summed E-state index contributed by atoms with van der Waals surface area (Å²) >= 11 is 0. The molecule has 0 saturated heterocycles. The third-order valence-electron chi connectivity index (χ3n) is 6.27. The second-order valence-electron chi connectivity index (χ2n) is 11.4. The minimum atomic E-state index is -1.21. The maximum absolute atomic E-state index is 13.0. The Kier molecular flexibility index (Phi) is 8.60. The molecule has 0 spiro atoms. The number of carboxylic acid groups (broad SMARTS) is 1. The number of benzene rings is 2. The van der Waals surface area contributed by atoms with Gasteiger partial charge >= 0.3 is 12.0 Å². The minimum absolute atomic E-state index is 0.188. The van der Waals surface area contributed by atoms with E-state index in [0.717, 1.165) is 5.69 Å². The van der Waals surface area contributed by atoms with Crippen LogP contribution in [0.1, 0.15) is 46.7 Å². The first-order chi connectivity index (χ1) is 19.8. The fourth-order valence-corrected chi connectivity index (χ4v) is 3.86. The van der Waals surface area contributed by atoms with Gasteiger partial charge in [-0.2, -0.15) is 5.10 Å². The minimum Gasteiger partial charge on any atom is -0.481 e. The summed E-state index contributed by atoms with van der Waals surface area (Å²) in [5.41, 5.74) is 0.850. The number of amides is 3. The molecule has 218 valence electrons. The number of hydrogen-bond donors (Lipinski definition) is 4. The zero-order chi connectivity index (χ0) is 30.5. The van der Waals surface area contributed by atoms with Gasteiger partial charge in [-0.3, -0.25) is 19.9 Å². The SMILES string of the molecule is CC(C)(CC(=O)Nc1cccc(-n2nc(C(C)(C)C)cc2NC(=O)Nc2ccc(Oc3ccncc3)cc2)c1)C(=O)O. The number of nitrogens with one attached hydrogen (secondary N) is 3. The van der Waals surface area contributed by atoms with E-state index in [1.54, 1.807) is 83.8 Å². The normalized spacial score (nSPS) is 11.5. The molecule has 0 fully saturated rings. The fraction of sp³-hybridized carbons (Fsp3) is 0.258. The largest absolute Gasteiger partial charge is 0.481 e. The molecule has 42 heavy (non-hydrogen) atoms. The first-order valence-electron chi connectivity index (χ1n) is 13.3. The van der Waals surface area contributed by atoms with Crippen molar-refractivity contribution in [1.29, 1.82) is 0 Å². The van der Waals surface area contributed by atoms with Gasteiger partial charge < -0.3 is 20.5 Å². The molecule has 0 aliphatic heterocycles. The molecule has 4 rings (SSSR count). The zero-order valence-corrected chi connectivity index (χ0v) is 24.1. The molecule has 4 aromatic rings. The molecule has 0 radical (unpaired) electrons. The second-order valence-corrected chi connectivity index (χ2v) is 11.4. The summed E-state index contributed by atoms with van der Waals surface area (Å²) in [7, 11) is 0. The quantitative estimate of drug-likeness (QED) is 0.181. The monoisotopic (exact) mass is 570 g/mol. The van der Waals surface area contributed by atoms with Crippen LogP contribution in [0, 0.1) is 5.41 Å². The van der Waals surface area contributed by atoms with E-state index < -0.39 is 23.3 Å². The van der Waals surface area contributed by atoms with Crippen molar-refractivity contribution in [3.63, 3.8) is 0 Å². The number of pyridine rings is 1. The third-order valence-corrected chi connectivity index (χ3v) is 6.27. The Balaban J connectivity index is 1.50. The molecule has 0 bridgehead atoms. The Morgan fingerprint density at radius 3 is 2.14 bits per heavy atom. The Hall–Kier alpha value is -5.19. The average Bonchev–Trinajstić information content (AvgIpc) is 3.34. The maximum atomic E-state index is 13.0. The van der Waals surface area contributed by atoms with E-state index >= 15 is 0 Å². The van der Waals surface area contributed by atoms with E-state index in [1.807, 2.05) is 20.8 Å². The summed E-state index contributed by atoms with van der Waals surface area (Å²) in [6.07, 6.45) is 3.09. The van der Waals surface area contributed by atoms with Gasteiger partial charge in [-0.25, -0.2) is 9.48 Å². The van der Waals surface area contributed by atoms with E-state index in [9.17, 15) is 19.5 Å². The summed E-state index contributed by atoms with van der Waals surface area (Å²) in [6.45, 7) is 9.04. The number of anilines is 3. The highest BCUT2D eigenvalue weighted by atomic mass is 16.5. The number of carboxylic acids is 1. The molecule has 0 aliphatic rings. The molecule has 2 aromatic heterocycles. The van der Waals surface area contributed by atoms with E-state index in [-0.39, 0.29) is 11.8 Å². The van der Waals surface area contributed by atoms with Gasteiger partial charge in [-0.1, -0.05) is 26.8 Å². The third kappa shape index (κ3) is 7.72. The lowest BCUT2D eigenvalue weighted by Gasteiger charge is -2.18. The number of aromatic nitrogens is 3. The van der Waals surface area contributed by atoms with Crippen LogP contribution >= 0.6 is 0 Å². The lowest BCUT2D eigenvalue weighted by molar-refractivity contribution is -0.148. The van der Waals surface area contributed by atoms with Crippen LogP contribution < -0.4 is 20.7 Å². The van der Waals surface area contributed by atoms with Crippen molar-refractivity contribution in [1.82, 2.24) is 14.8 Å². The van der Waals surface area contributed by atoms with E-state index in [2.05, 4.69) is 20.9 Å². The molecule has 0 unspecified atom stereocenters. The van der Waals surface area contributed by atoms with E-state index in [1.165, 1.54) is 13.8 Å². The molecule has 11 nitrogen and oxygen atoms in total. The molecule has 4 N–H and O–H groups in total. The smallest absolute Gasteiger partial charge is 0.324 e. The van der Waals surface area contributed by atoms with Crippen molar-refractivity contribution in [3.8, 4) is 17.2 Å². The van der Waals surface area contributed by atoms with Crippen LogP contribution in [0.4, 0.5) is 22.0 Å².